The van der Waals surface area contributed by atoms with Crippen LogP contribution >= 0.6 is 0 Å². The van der Waals surface area contributed by atoms with Crippen LogP contribution in [0.4, 0.5) is 5.69 Å². The third-order valence-electron chi connectivity index (χ3n) is 5.68. The van der Waals surface area contributed by atoms with Gasteiger partial charge in [0.25, 0.3) is 0 Å². The van der Waals surface area contributed by atoms with E-state index in [1.54, 1.807) is 0 Å². The Kier molecular flexibility index (Phi) is 8.68. The largest absolute Gasteiger partial charge is 0.253 e. The van der Waals surface area contributed by atoms with Gasteiger partial charge in [0.05, 0.1) is 29.0 Å². The molecule has 0 saturated carbocycles. The maximum absolute atomic E-state index is 5.08. The molecule has 2 nitrogen and oxygen atoms in total. The van der Waals surface area contributed by atoms with Crippen LogP contribution in [-0.4, -0.2) is 11.4 Å². The van der Waals surface area contributed by atoms with E-state index in [0.29, 0.717) is 23.7 Å². The van der Waals surface area contributed by atoms with Crippen molar-refractivity contribution in [1.82, 2.24) is 0 Å². The van der Waals surface area contributed by atoms with Crippen molar-refractivity contribution in [2.45, 2.75) is 81.1 Å². The van der Waals surface area contributed by atoms with Crippen molar-refractivity contribution in [3.05, 3.63) is 70.8 Å². The SMILES string of the molecule is CC(/C=C(\C)N=C1C(C(C)C)=C[CH+]C=C1C(C)C)=Nc1c(C(C)C)cccc1C(C)C. The van der Waals surface area contributed by atoms with E-state index in [1.165, 1.54) is 22.3 Å². The Morgan fingerprint density at radius 2 is 1.26 bits per heavy atom. The van der Waals surface area contributed by atoms with Crippen molar-refractivity contribution in [2.75, 3.05) is 0 Å². The zero-order valence-corrected chi connectivity index (χ0v) is 21.2. The molecule has 0 amide bonds. The molecule has 0 bridgehead atoms. The Labute approximate surface area is 191 Å². The molecule has 1 aliphatic rings. The van der Waals surface area contributed by atoms with Crippen LogP contribution in [0.25, 0.3) is 0 Å². The fraction of sp³-hybridized carbons (Fsp3) is 0.483. The summed E-state index contributed by atoms with van der Waals surface area (Å²) in [7, 11) is 0. The summed E-state index contributed by atoms with van der Waals surface area (Å²) < 4.78 is 0. The second kappa shape index (κ2) is 10.8. The topological polar surface area (TPSA) is 24.7 Å². The maximum atomic E-state index is 5.08. The summed E-state index contributed by atoms with van der Waals surface area (Å²) in [5.74, 6) is 1.75. The lowest BCUT2D eigenvalue weighted by Gasteiger charge is -2.17. The molecule has 1 aromatic rings. The normalized spacial score (nSPS) is 15.6. The molecule has 0 heterocycles. The van der Waals surface area contributed by atoms with Gasteiger partial charge in [0, 0.05) is 29.7 Å². The monoisotopic (exact) mass is 417 g/mol. The fourth-order valence-electron chi connectivity index (χ4n) is 4.00. The number of aliphatic imine (C=N–C) groups is 2. The number of hydrogen-bond acceptors (Lipinski definition) is 2. The molecule has 1 aliphatic carbocycles. The first-order valence-corrected chi connectivity index (χ1v) is 11.7. The molecule has 2 rings (SSSR count). The van der Waals surface area contributed by atoms with Gasteiger partial charge >= 0.3 is 0 Å². The van der Waals surface area contributed by atoms with Crippen LogP contribution in [0.5, 0.6) is 0 Å². The highest BCUT2D eigenvalue weighted by Crippen LogP contribution is 2.35. The van der Waals surface area contributed by atoms with Gasteiger partial charge in [-0.1, -0.05) is 45.9 Å². The van der Waals surface area contributed by atoms with Crippen molar-refractivity contribution in [2.24, 2.45) is 21.8 Å². The Morgan fingerprint density at radius 1 is 0.774 bits per heavy atom. The van der Waals surface area contributed by atoms with Crippen molar-refractivity contribution >= 4 is 17.1 Å². The lowest BCUT2D eigenvalue weighted by Crippen LogP contribution is -2.18. The third kappa shape index (κ3) is 6.32. The molecule has 0 aromatic heterocycles. The van der Waals surface area contributed by atoms with E-state index in [-0.39, 0.29) is 0 Å². The predicted molar refractivity (Wildman–Crippen MR) is 139 cm³/mol. The molecule has 0 aliphatic heterocycles. The summed E-state index contributed by atoms with van der Waals surface area (Å²) in [4.78, 5) is 10.2. The average Bonchev–Trinajstić information content (AvgIpc) is 2.67. The number of hydrogen-bond donors (Lipinski definition) is 0. The highest BCUT2D eigenvalue weighted by atomic mass is 14.8. The summed E-state index contributed by atoms with van der Waals surface area (Å²) in [6.07, 6.45) is 8.68. The van der Waals surface area contributed by atoms with Crippen molar-refractivity contribution in [3.8, 4) is 0 Å². The van der Waals surface area contributed by atoms with Gasteiger partial charge in [-0.3, -0.25) is 4.99 Å². The molecule has 0 spiro atoms. The molecule has 1 aromatic carbocycles. The zero-order valence-electron chi connectivity index (χ0n) is 21.2. The number of nitrogens with zero attached hydrogens (tertiary/aromatic N) is 2. The van der Waals surface area contributed by atoms with Gasteiger partial charge in [0.15, 0.2) is 5.71 Å². The molecule has 2 heteroatoms. The zero-order chi connectivity index (χ0) is 23.3. The van der Waals surface area contributed by atoms with Crippen molar-refractivity contribution in [3.63, 3.8) is 0 Å². The maximum Gasteiger partial charge on any atom is 0.179 e. The van der Waals surface area contributed by atoms with Gasteiger partial charge in [-0.25, -0.2) is 4.99 Å². The molecule has 0 radical (unpaired) electrons. The van der Waals surface area contributed by atoms with Crippen LogP contribution in [0.3, 0.4) is 0 Å². The second-order valence-corrected chi connectivity index (χ2v) is 9.84. The summed E-state index contributed by atoms with van der Waals surface area (Å²) in [5, 5.41) is 0. The Balaban J connectivity index is 2.50. The molecule has 0 fully saturated rings. The minimum Gasteiger partial charge on any atom is -0.253 e. The smallest absolute Gasteiger partial charge is 0.179 e. The van der Waals surface area contributed by atoms with Gasteiger partial charge in [-0.15, -0.1) is 0 Å². The van der Waals surface area contributed by atoms with Crippen LogP contribution in [-0.2, 0) is 0 Å². The Hall–Kier alpha value is -2.35. The Bertz CT molecular complexity index is 879. The lowest BCUT2D eigenvalue weighted by molar-refractivity contribution is 0.770. The Morgan fingerprint density at radius 3 is 1.68 bits per heavy atom. The summed E-state index contributed by atoms with van der Waals surface area (Å²) >= 11 is 0. The van der Waals surface area contributed by atoms with E-state index in [1.807, 2.05) is 0 Å². The first kappa shape index (κ1) is 24.9. The van der Waals surface area contributed by atoms with Crippen LogP contribution < -0.4 is 0 Å². The van der Waals surface area contributed by atoms with Gasteiger partial charge in [-0.05, 0) is 70.6 Å². The lowest BCUT2D eigenvalue weighted by atomic mass is 9.84. The van der Waals surface area contributed by atoms with Crippen molar-refractivity contribution < 1.29 is 0 Å². The number of allylic oxidation sites excluding steroid dienone is 6. The highest BCUT2D eigenvalue weighted by Gasteiger charge is 2.29. The molecular formula is C29H41N2+. The van der Waals surface area contributed by atoms with Gasteiger partial charge < -0.3 is 0 Å². The molecule has 166 valence electrons. The fourth-order valence-corrected chi connectivity index (χ4v) is 4.00. The van der Waals surface area contributed by atoms with E-state index in [4.69, 9.17) is 9.98 Å². The van der Waals surface area contributed by atoms with Crippen LogP contribution in [0.1, 0.15) is 92.2 Å². The molecule has 31 heavy (non-hydrogen) atoms. The van der Waals surface area contributed by atoms with E-state index >= 15 is 0 Å². The molecular weight excluding hydrogens is 376 g/mol. The minimum absolute atomic E-state index is 0.437. The van der Waals surface area contributed by atoms with E-state index < -0.39 is 0 Å². The average molecular weight is 418 g/mol. The van der Waals surface area contributed by atoms with Crippen LogP contribution in [0.2, 0.25) is 0 Å². The molecule has 0 N–H and O–H groups in total. The molecule has 0 saturated heterocycles. The molecule has 0 unspecified atom stereocenters. The van der Waals surface area contributed by atoms with E-state index in [9.17, 15) is 0 Å². The number of para-hydroxylation sites is 1. The quantitative estimate of drug-likeness (QED) is 0.313. The van der Waals surface area contributed by atoms with Gasteiger partial charge in [-0.2, -0.15) is 0 Å². The van der Waals surface area contributed by atoms with Gasteiger partial charge in [0.1, 0.15) is 0 Å². The van der Waals surface area contributed by atoms with Crippen LogP contribution in [0, 0.1) is 18.3 Å². The van der Waals surface area contributed by atoms with E-state index in [2.05, 4.69) is 112 Å². The van der Waals surface area contributed by atoms with Crippen molar-refractivity contribution in [1.29, 1.82) is 0 Å². The summed E-state index contributed by atoms with van der Waals surface area (Å²) in [5.41, 5.74) is 9.45. The van der Waals surface area contributed by atoms with E-state index in [0.717, 1.165) is 22.8 Å². The van der Waals surface area contributed by atoms with Crippen LogP contribution in [0.15, 0.2) is 63.3 Å². The predicted octanol–water partition coefficient (Wildman–Crippen LogP) is 8.75. The minimum atomic E-state index is 0.437. The molecule has 0 atom stereocenters. The summed E-state index contributed by atoms with van der Waals surface area (Å²) in [6.45, 7) is 22.1. The van der Waals surface area contributed by atoms with Gasteiger partial charge in [0.2, 0.25) is 0 Å². The third-order valence-corrected chi connectivity index (χ3v) is 5.68. The first-order valence-electron chi connectivity index (χ1n) is 11.7. The highest BCUT2D eigenvalue weighted by molar-refractivity contribution is 6.14. The standard InChI is InChI=1S/C29H41N2/c1-18(2)24-13-11-14-25(19(3)4)28(24)30-22(9)17-23(10)31-29-26(20(5)6)15-12-16-27(29)21(7)8/h11-21H,1-10H3/q+1/b22-17+,31-23?. The number of benzene rings is 1. The number of rotatable bonds is 7. The summed E-state index contributed by atoms with van der Waals surface area (Å²) in [6, 6.07) is 6.57. The first-order chi connectivity index (χ1) is 14.5. The second-order valence-electron chi connectivity index (χ2n) is 9.84.